The first-order valence-electron chi connectivity index (χ1n) is 7.16. The Hall–Kier alpha value is -1.79. The van der Waals surface area contributed by atoms with E-state index in [9.17, 15) is 14.4 Å². The van der Waals surface area contributed by atoms with Crippen LogP contribution in [0, 0.1) is 0 Å². The van der Waals surface area contributed by atoms with Gasteiger partial charge in [-0.2, -0.15) is 0 Å². The van der Waals surface area contributed by atoms with Gasteiger partial charge in [-0.1, -0.05) is 13.3 Å². The highest BCUT2D eigenvalue weighted by atomic mass is 16.6. The van der Waals surface area contributed by atoms with Gasteiger partial charge in [0, 0.05) is 13.1 Å². The summed E-state index contributed by atoms with van der Waals surface area (Å²) in [6, 6.07) is -0.641. The molecule has 0 spiro atoms. The number of amides is 2. The van der Waals surface area contributed by atoms with Crippen molar-refractivity contribution in [2.45, 2.75) is 52.2 Å². The zero-order chi connectivity index (χ0) is 16.2. The number of carboxylic acids is 1. The second-order valence-corrected chi connectivity index (χ2v) is 6.13. The molecule has 1 rings (SSSR count). The Morgan fingerprint density at radius 3 is 2.43 bits per heavy atom. The van der Waals surface area contributed by atoms with Crippen LogP contribution in [0.2, 0.25) is 0 Å². The van der Waals surface area contributed by atoms with E-state index in [1.54, 1.807) is 20.8 Å². The maximum atomic E-state index is 12.3. The molecule has 0 aliphatic carbocycles. The fraction of sp³-hybridized carbons (Fsp3) is 0.786. The number of ether oxygens (including phenoxy) is 1. The summed E-state index contributed by atoms with van der Waals surface area (Å²) in [5.74, 6) is -1.37. The van der Waals surface area contributed by atoms with Crippen molar-refractivity contribution in [2.75, 3.05) is 19.6 Å². The largest absolute Gasteiger partial charge is 0.480 e. The molecule has 0 saturated carbocycles. The average molecular weight is 300 g/mol. The molecule has 0 aromatic carbocycles. The molecule has 1 fully saturated rings. The number of aliphatic carboxylic acids is 1. The Labute approximate surface area is 124 Å². The molecule has 7 nitrogen and oxygen atoms in total. The Bertz CT molecular complexity index is 416. The zero-order valence-corrected chi connectivity index (χ0v) is 13.1. The number of carboxylic acid groups (broad SMARTS) is 1. The van der Waals surface area contributed by atoms with E-state index < -0.39 is 23.7 Å². The molecule has 1 atom stereocenters. The van der Waals surface area contributed by atoms with Gasteiger partial charge in [-0.15, -0.1) is 0 Å². The second kappa shape index (κ2) is 6.78. The molecule has 2 amide bonds. The number of carbonyl (C=O) groups excluding carboxylic acids is 2. The van der Waals surface area contributed by atoms with Crippen LogP contribution in [0.4, 0.5) is 4.79 Å². The van der Waals surface area contributed by atoms with E-state index in [4.69, 9.17) is 9.84 Å². The topological polar surface area (TPSA) is 87.2 Å². The monoisotopic (exact) mass is 300 g/mol. The minimum Gasteiger partial charge on any atom is -0.480 e. The first-order valence-corrected chi connectivity index (χ1v) is 7.16. The summed E-state index contributed by atoms with van der Waals surface area (Å²) in [4.78, 5) is 38.0. The molecule has 1 aliphatic heterocycles. The molecule has 7 heteroatoms. The summed E-state index contributed by atoms with van der Waals surface area (Å²) in [5, 5.41) is 8.83. The Morgan fingerprint density at radius 1 is 1.33 bits per heavy atom. The quantitative estimate of drug-likeness (QED) is 0.846. The standard InChI is InChI=1S/C14H24N2O5/c1-5-6-10-12(19)15(9-11(17)18)7-8-16(10)13(20)21-14(2,3)4/h10H,5-9H2,1-4H3,(H,17,18)/t10-/m1/s1. The average Bonchev–Trinajstić information content (AvgIpc) is 2.31. The molecule has 120 valence electrons. The zero-order valence-electron chi connectivity index (χ0n) is 13.1. The van der Waals surface area contributed by atoms with Crippen molar-refractivity contribution < 1.29 is 24.2 Å². The Kier molecular flexibility index (Phi) is 5.57. The summed E-state index contributed by atoms with van der Waals surface area (Å²) < 4.78 is 5.32. The lowest BCUT2D eigenvalue weighted by Crippen LogP contribution is -2.60. The first-order chi connectivity index (χ1) is 9.65. The van der Waals surface area contributed by atoms with Gasteiger partial charge in [0.2, 0.25) is 5.91 Å². The number of piperazine rings is 1. The van der Waals surface area contributed by atoms with Gasteiger partial charge in [-0.25, -0.2) is 4.79 Å². The van der Waals surface area contributed by atoms with Crippen LogP contribution in [0.1, 0.15) is 40.5 Å². The van der Waals surface area contributed by atoms with E-state index in [0.717, 1.165) is 6.42 Å². The van der Waals surface area contributed by atoms with Crippen LogP contribution in [-0.4, -0.2) is 64.2 Å². The molecule has 1 heterocycles. The molecule has 0 aromatic rings. The predicted octanol–water partition coefficient (Wildman–Crippen LogP) is 1.32. The molecular formula is C14H24N2O5. The molecule has 21 heavy (non-hydrogen) atoms. The van der Waals surface area contributed by atoms with Crippen LogP contribution < -0.4 is 0 Å². The van der Waals surface area contributed by atoms with Crippen molar-refractivity contribution in [3.05, 3.63) is 0 Å². The van der Waals surface area contributed by atoms with Crippen molar-refractivity contribution in [2.24, 2.45) is 0 Å². The van der Waals surface area contributed by atoms with Gasteiger partial charge < -0.3 is 14.7 Å². The van der Waals surface area contributed by atoms with Crippen LogP contribution >= 0.6 is 0 Å². The van der Waals surface area contributed by atoms with Crippen molar-refractivity contribution in [1.82, 2.24) is 9.80 Å². The lowest BCUT2D eigenvalue weighted by Gasteiger charge is -2.40. The van der Waals surface area contributed by atoms with Gasteiger partial charge in [0.15, 0.2) is 0 Å². The van der Waals surface area contributed by atoms with Gasteiger partial charge in [-0.05, 0) is 27.2 Å². The molecule has 0 aromatic heterocycles. The number of nitrogens with zero attached hydrogens (tertiary/aromatic N) is 2. The van der Waals surface area contributed by atoms with Gasteiger partial charge in [0.1, 0.15) is 18.2 Å². The summed E-state index contributed by atoms with van der Waals surface area (Å²) in [7, 11) is 0. The highest BCUT2D eigenvalue weighted by Crippen LogP contribution is 2.19. The second-order valence-electron chi connectivity index (χ2n) is 6.13. The fourth-order valence-corrected chi connectivity index (χ4v) is 2.25. The number of hydrogen-bond donors (Lipinski definition) is 1. The van der Waals surface area contributed by atoms with Crippen LogP contribution in [0.3, 0.4) is 0 Å². The Morgan fingerprint density at radius 2 is 1.95 bits per heavy atom. The summed E-state index contributed by atoms with van der Waals surface area (Å²) in [5.41, 5.74) is -0.630. The number of hydrogen-bond acceptors (Lipinski definition) is 4. The van der Waals surface area contributed by atoms with E-state index in [2.05, 4.69) is 0 Å². The van der Waals surface area contributed by atoms with Crippen LogP contribution in [-0.2, 0) is 14.3 Å². The van der Waals surface area contributed by atoms with E-state index in [1.807, 2.05) is 6.92 Å². The first kappa shape index (κ1) is 17.3. The van der Waals surface area contributed by atoms with Crippen LogP contribution in [0.5, 0.6) is 0 Å². The smallest absolute Gasteiger partial charge is 0.411 e. The van der Waals surface area contributed by atoms with Gasteiger partial charge in [0.25, 0.3) is 0 Å². The van der Waals surface area contributed by atoms with Crippen LogP contribution in [0.25, 0.3) is 0 Å². The summed E-state index contributed by atoms with van der Waals surface area (Å²) in [6.45, 7) is 7.38. The molecule has 0 bridgehead atoms. The van der Waals surface area contributed by atoms with Crippen LogP contribution in [0.15, 0.2) is 0 Å². The third-order valence-corrected chi connectivity index (χ3v) is 3.10. The van der Waals surface area contributed by atoms with Crippen molar-refractivity contribution in [3.8, 4) is 0 Å². The van der Waals surface area contributed by atoms with Gasteiger partial charge >= 0.3 is 12.1 Å². The van der Waals surface area contributed by atoms with E-state index in [1.165, 1.54) is 9.80 Å². The molecule has 0 unspecified atom stereocenters. The minimum absolute atomic E-state index is 0.213. The molecule has 0 radical (unpaired) electrons. The molecule has 1 aliphatic rings. The normalized spacial score (nSPS) is 19.6. The third-order valence-electron chi connectivity index (χ3n) is 3.10. The Balaban J connectivity index is 2.84. The molecule has 1 N–H and O–H groups in total. The molecule has 1 saturated heterocycles. The minimum atomic E-state index is -1.05. The maximum absolute atomic E-state index is 12.3. The number of rotatable bonds is 4. The van der Waals surface area contributed by atoms with E-state index in [-0.39, 0.29) is 19.0 Å². The van der Waals surface area contributed by atoms with Gasteiger partial charge in [0.05, 0.1) is 0 Å². The fourth-order valence-electron chi connectivity index (χ4n) is 2.25. The highest BCUT2D eigenvalue weighted by molar-refractivity contribution is 5.89. The van der Waals surface area contributed by atoms with E-state index in [0.29, 0.717) is 13.0 Å². The summed E-state index contributed by atoms with van der Waals surface area (Å²) >= 11 is 0. The van der Waals surface area contributed by atoms with Crippen molar-refractivity contribution in [3.63, 3.8) is 0 Å². The van der Waals surface area contributed by atoms with E-state index >= 15 is 0 Å². The predicted molar refractivity (Wildman–Crippen MR) is 75.9 cm³/mol. The lowest BCUT2D eigenvalue weighted by molar-refractivity contribution is -0.150. The van der Waals surface area contributed by atoms with Gasteiger partial charge in [-0.3, -0.25) is 14.5 Å². The highest BCUT2D eigenvalue weighted by Gasteiger charge is 2.39. The third kappa shape index (κ3) is 4.91. The maximum Gasteiger partial charge on any atom is 0.411 e. The lowest BCUT2D eigenvalue weighted by atomic mass is 10.1. The van der Waals surface area contributed by atoms with Crippen molar-refractivity contribution in [1.29, 1.82) is 0 Å². The van der Waals surface area contributed by atoms with Crippen molar-refractivity contribution >= 4 is 18.0 Å². The number of carbonyl (C=O) groups is 3. The SMILES string of the molecule is CCC[C@@H]1C(=O)N(CC(=O)O)CCN1C(=O)OC(C)(C)C. The summed E-state index contributed by atoms with van der Waals surface area (Å²) in [6.07, 6.45) is 0.689. The molecular weight excluding hydrogens is 276 g/mol.